The molecular formula is C18H27FN2O2. The fraction of sp³-hybridized carbons (Fsp3) is 0.611. The maximum absolute atomic E-state index is 13.5. The number of halogens is 1. The van der Waals surface area contributed by atoms with Crippen LogP contribution in [0.15, 0.2) is 24.3 Å². The van der Waals surface area contributed by atoms with Gasteiger partial charge in [0, 0.05) is 12.6 Å². The van der Waals surface area contributed by atoms with E-state index in [0.717, 1.165) is 12.8 Å². The molecular weight excluding hydrogens is 295 g/mol. The molecule has 0 saturated heterocycles. The summed E-state index contributed by atoms with van der Waals surface area (Å²) in [6.45, 7) is 2.80. The second kappa shape index (κ2) is 8.87. The van der Waals surface area contributed by atoms with E-state index >= 15 is 0 Å². The Morgan fingerprint density at radius 3 is 2.74 bits per heavy atom. The normalized spacial score (nSPS) is 17.0. The van der Waals surface area contributed by atoms with Crippen LogP contribution < -0.4 is 10.1 Å². The monoisotopic (exact) mass is 322 g/mol. The Balaban J connectivity index is 1.72. The highest BCUT2D eigenvalue weighted by Gasteiger charge is 2.22. The Morgan fingerprint density at radius 2 is 2.04 bits per heavy atom. The van der Waals surface area contributed by atoms with Crippen molar-refractivity contribution in [2.75, 3.05) is 20.2 Å². The summed E-state index contributed by atoms with van der Waals surface area (Å²) in [5.74, 6) is -0.0521. The maximum Gasteiger partial charge on any atom is 0.237 e. The molecule has 0 aromatic heterocycles. The van der Waals surface area contributed by atoms with Gasteiger partial charge in [-0.25, -0.2) is 4.39 Å². The first kappa shape index (κ1) is 17.7. The Kier molecular flexibility index (Phi) is 6.84. The van der Waals surface area contributed by atoms with Crippen molar-refractivity contribution in [1.82, 2.24) is 10.2 Å². The molecule has 2 rings (SSSR count). The number of likely N-dealkylation sites (N-methyl/N-ethyl adjacent to an activating group) is 1. The highest BCUT2D eigenvalue weighted by atomic mass is 19.1. The van der Waals surface area contributed by atoms with Crippen LogP contribution in [0.25, 0.3) is 0 Å². The lowest BCUT2D eigenvalue weighted by Crippen LogP contribution is -2.48. The standard InChI is InChI=1S/C18H27FN2O2/c1-14(18(22)20-15-8-4-3-5-9-15)21(2)12-13-23-17-11-7-6-10-16(17)19/h6-7,10-11,14-15H,3-5,8-9,12-13H2,1-2H3,(H,20,22). The van der Waals surface area contributed by atoms with Crippen molar-refractivity contribution in [2.24, 2.45) is 0 Å². The van der Waals surface area contributed by atoms with Gasteiger partial charge in [0.25, 0.3) is 0 Å². The average molecular weight is 322 g/mol. The number of nitrogens with one attached hydrogen (secondary N) is 1. The fourth-order valence-electron chi connectivity index (χ4n) is 2.82. The number of hydrogen-bond donors (Lipinski definition) is 1. The highest BCUT2D eigenvalue weighted by Crippen LogP contribution is 2.18. The smallest absolute Gasteiger partial charge is 0.237 e. The van der Waals surface area contributed by atoms with Crippen LogP contribution in [0.2, 0.25) is 0 Å². The third kappa shape index (κ3) is 5.50. The molecule has 1 amide bonds. The number of rotatable bonds is 7. The number of carbonyl (C=O) groups excluding carboxylic acids is 1. The fourth-order valence-corrected chi connectivity index (χ4v) is 2.82. The van der Waals surface area contributed by atoms with Crippen molar-refractivity contribution in [3.05, 3.63) is 30.1 Å². The van der Waals surface area contributed by atoms with Gasteiger partial charge in [-0.3, -0.25) is 9.69 Å². The molecule has 1 aliphatic carbocycles. The van der Waals surface area contributed by atoms with Gasteiger partial charge in [0.05, 0.1) is 6.04 Å². The SMILES string of the molecule is CC(C(=O)NC1CCCCC1)N(C)CCOc1ccccc1F. The summed E-state index contributed by atoms with van der Waals surface area (Å²) < 4.78 is 18.9. The van der Waals surface area contributed by atoms with E-state index < -0.39 is 0 Å². The Bertz CT molecular complexity index is 504. The molecule has 0 spiro atoms. The minimum atomic E-state index is -0.363. The first-order valence-electron chi connectivity index (χ1n) is 8.46. The van der Waals surface area contributed by atoms with Gasteiger partial charge in [0.15, 0.2) is 11.6 Å². The van der Waals surface area contributed by atoms with E-state index in [2.05, 4.69) is 5.32 Å². The molecule has 1 N–H and O–H groups in total. The van der Waals surface area contributed by atoms with Crippen molar-refractivity contribution in [3.8, 4) is 5.75 Å². The first-order valence-corrected chi connectivity index (χ1v) is 8.46. The van der Waals surface area contributed by atoms with Gasteiger partial charge in [-0.15, -0.1) is 0 Å². The molecule has 1 unspecified atom stereocenters. The summed E-state index contributed by atoms with van der Waals surface area (Å²) in [5, 5.41) is 3.14. The van der Waals surface area contributed by atoms with Crippen LogP contribution in [-0.2, 0) is 4.79 Å². The molecule has 5 heteroatoms. The number of hydrogen-bond acceptors (Lipinski definition) is 3. The van der Waals surface area contributed by atoms with Crippen LogP contribution >= 0.6 is 0 Å². The van der Waals surface area contributed by atoms with Crippen LogP contribution in [-0.4, -0.2) is 43.1 Å². The van der Waals surface area contributed by atoms with E-state index in [-0.39, 0.29) is 23.5 Å². The van der Waals surface area contributed by atoms with Gasteiger partial charge in [-0.1, -0.05) is 31.4 Å². The van der Waals surface area contributed by atoms with Gasteiger partial charge in [-0.05, 0) is 38.9 Å². The molecule has 1 aromatic rings. The number of carbonyl (C=O) groups is 1. The highest BCUT2D eigenvalue weighted by molar-refractivity contribution is 5.81. The van der Waals surface area contributed by atoms with E-state index in [0.29, 0.717) is 19.2 Å². The van der Waals surface area contributed by atoms with Crippen molar-refractivity contribution in [3.63, 3.8) is 0 Å². The molecule has 1 fully saturated rings. The van der Waals surface area contributed by atoms with Gasteiger partial charge in [0.1, 0.15) is 6.61 Å². The quantitative estimate of drug-likeness (QED) is 0.839. The number of benzene rings is 1. The molecule has 128 valence electrons. The molecule has 0 aliphatic heterocycles. The average Bonchev–Trinajstić information content (AvgIpc) is 2.56. The van der Waals surface area contributed by atoms with E-state index in [1.54, 1.807) is 18.2 Å². The zero-order valence-electron chi connectivity index (χ0n) is 14.1. The molecule has 23 heavy (non-hydrogen) atoms. The third-order valence-corrected chi connectivity index (χ3v) is 4.53. The predicted molar refractivity (Wildman–Crippen MR) is 89.0 cm³/mol. The van der Waals surface area contributed by atoms with Gasteiger partial charge in [0.2, 0.25) is 5.91 Å². The zero-order valence-corrected chi connectivity index (χ0v) is 14.1. The van der Waals surface area contributed by atoms with Gasteiger partial charge >= 0.3 is 0 Å². The second-order valence-electron chi connectivity index (χ2n) is 6.28. The largest absolute Gasteiger partial charge is 0.489 e. The van der Waals surface area contributed by atoms with E-state index in [4.69, 9.17) is 4.74 Å². The summed E-state index contributed by atoms with van der Waals surface area (Å²) in [6, 6.07) is 6.45. The molecule has 0 bridgehead atoms. The minimum absolute atomic E-state index is 0.0605. The van der Waals surface area contributed by atoms with Crippen LogP contribution in [0.5, 0.6) is 5.75 Å². The number of nitrogens with zero attached hydrogens (tertiary/aromatic N) is 1. The van der Waals surface area contributed by atoms with Crippen LogP contribution in [0, 0.1) is 5.82 Å². The Morgan fingerprint density at radius 1 is 1.35 bits per heavy atom. The van der Waals surface area contributed by atoms with E-state index in [1.165, 1.54) is 25.3 Å². The van der Waals surface area contributed by atoms with Crippen LogP contribution in [0.4, 0.5) is 4.39 Å². The molecule has 1 aliphatic rings. The molecule has 0 heterocycles. The van der Waals surface area contributed by atoms with Crippen LogP contribution in [0.3, 0.4) is 0 Å². The molecule has 1 aromatic carbocycles. The number of amides is 1. The topological polar surface area (TPSA) is 41.6 Å². The lowest BCUT2D eigenvalue weighted by Gasteiger charge is -2.28. The number of para-hydroxylation sites is 1. The van der Waals surface area contributed by atoms with Crippen molar-refractivity contribution >= 4 is 5.91 Å². The summed E-state index contributed by atoms with van der Waals surface area (Å²) >= 11 is 0. The van der Waals surface area contributed by atoms with Crippen molar-refractivity contribution < 1.29 is 13.9 Å². The van der Waals surface area contributed by atoms with Gasteiger partial charge in [-0.2, -0.15) is 0 Å². The lowest BCUT2D eigenvalue weighted by molar-refractivity contribution is -0.126. The molecule has 0 radical (unpaired) electrons. The Labute approximate surface area is 138 Å². The third-order valence-electron chi connectivity index (χ3n) is 4.53. The molecule has 4 nitrogen and oxygen atoms in total. The van der Waals surface area contributed by atoms with Crippen molar-refractivity contribution in [2.45, 2.75) is 51.1 Å². The second-order valence-corrected chi connectivity index (χ2v) is 6.28. The summed E-state index contributed by atoms with van der Waals surface area (Å²) in [4.78, 5) is 14.2. The maximum atomic E-state index is 13.5. The van der Waals surface area contributed by atoms with Gasteiger partial charge < -0.3 is 10.1 Å². The summed E-state index contributed by atoms with van der Waals surface area (Å²) in [6.07, 6.45) is 5.84. The Hall–Kier alpha value is -1.62. The predicted octanol–water partition coefficient (Wildman–Crippen LogP) is 2.97. The summed E-state index contributed by atoms with van der Waals surface area (Å²) in [5.41, 5.74) is 0. The minimum Gasteiger partial charge on any atom is -0.489 e. The molecule has 1 atom stereocenters. The number of ether oxygens (including phenoxy) is 1. The zero-order chi connectivity index (χ0) is 16.7. The summed E-state index contributed by atoms with van der Waals surface area (Å²) in [7, 11) is 1.88. The van der Waals surface area contributed by atoms with Crippen molar-refractivity contribution in [1.29, 1.82) is 0 Å². The lowest BCUT2D eigenvalue weighted by atomic mass is 9.95. The van der Waals surface area contributed by atoms with E-state index in [9.17, 15) is 9.18 Å². The van der Waals surface area contributed by atoms with Crippen LogP contribution in [0.1, 0.15) is 39.0 Å². The molecule has 1 saturated carbocycles. The first-order chi connectivity index (χ1) is 11.1. The van der Waals surface area contributed by atoms with E-state index in [1.807, 2.05) is 18.9 Å².